The number of anilines is 2. The van der Waals surface area contributed by atoms with Crippen LogP contribution in [0.15, 0.2) is 60.0 Å². The van der Waals surface area contributed by atoms with E-state index in [1.807, 2.05) is 60.0 Å². The molecule has 0 bridgehead atoms. The quantitative estimate of drug-likeness (QED) is 0.440. The third-order valence-corrected chi connectivity index (χ3v) is 6.39. The van der Waals surface area contributed by atoms with Crippen LogP contribution in [0.5, 0.6) is 0 Å². The standard InChI is InChI=1S/C20H21N2O2PS/c1-24-25(2)13-14-5-7-15(8-6-14)20(23)22-18-12-16(9-10-17(18)21)19-4-3-11-26-19/h3-12H,13,21H2,1-2H3,(H,22,23). The van der Waals surface area contributed by atoms with Crippen LogP contribution < -0.4 is 11.1 Å². The van der Waals surface area contributed by atoms with Crippen LogP contribution in [0.3, 0.4) is 0 Å². The Morgan fingerprint density at radius 2 is 1.96 bits per heavy atom. The fraction of sp³-hybridized carbons (Fsp3) is 0.150. The number of thiophene rings is 1. The average Bonchev–Trinajstić information content (AvgIpc) is 3.18. The summed E-state index contributed by atoms with van der Waals surface area (Å²) < 4.78 is 5.34. The number of hydrogen-bond donors (Lipinski definition) is 2. The molecule has 0 fully saturated rings. The average molecular weight is 384 g/mol. The van der Waals surface area contributed by atoms with E-state index in [4.69, 9.17) is 10.3 Å². The van der Waals surface area contributed by atoms with Gasteiger partial charge in [-0.05, 0) is 53.5 Å². The Bertz CT molecular complexity index is 879. The van der Waals surface area contributed by atoms with Gasteiger partial charge >= 0.3 is 0 Å². The van der Waals surface area contributed by atoms with Crippen molar-refractivity contribution >= 4 is 36.8 Å². The lowest BCUT2D eigenvalue weighted by Crippen LogP contribution is -2.13. The van der Waals surface area contributed by atoms with Gasteiger partial charge in [-0.2, -0.15) is 0 Å². The van der Waals surface area contributed by atoms with Crippen molar-refractivity contribution in [3.8, 4) is 10.4 Å². The van der Waals surface area contributed by atoms with Gasteiger partial charge in [-0.1, -0.05) is 24.3 Å². The molecule has 1 aromatic heterocycles. The summed E-state index contributed by atoms with van der Waals surface area (Å²) >= 11 is 1.65. The minimum absolute atomic E-state index is 0.169. The Morgan fingerprint density at radius 1 is 1.19 bits per heavy atom. The van der Waals surface area contributed by atoms with Gasteiger partial charge in [-0.25, -0.2) is 0 Å². The fourth-order valence-corrected chi connectivity index (χ4v) is 4.12. The van der Waals surface area contributed by atoms with Gasteiger partial charge in [0, 0.05) is 31.9 Å². The third kappa shape index (κ3) is 4.50. The number of hydrogen-bond acceptors (Lipinski definition) is 4. The SMILES string of the molecule is COP(C)Cc1ccc(C(=O)Nc2cc(-c3cccs3)ccc2N)cc1. The molecule has 1 atom stereocenters. The first-order chi connectivity index (χ1) is 12.6. The van der Waals surface area contributed by atoms with Crippen LogP contribution in [0.1, 0.15) is 15.9 Å². The molecule has 26 heavy (non-hydrogen) atoms. The van der Waals surface area contributed by atoms with E-state index in [2.05, 4.69) is 12.0 Å². The van der Waals surface area contributed by atoms with Gasteiger partial charge in [0.15, 0.2) is 0 Å². The van der Waals surface area contributed by atoms with Crippen molar-refractivity contribution in [3.63, 3.8) is 0 Å². The molecule has 2 aromatic carbocycles. The molecule has 0 saturated heterocycles. The van der Waals surface area contributed by atoms with Gasteiger partial charge in [-0.15, -0.1) is 11.3 Å². The summed E-state index contributed by atoms with van der Waals surface area (Å²) in [4.78, 5) is 13.7. The normalized spacial score (nSPS) is 11.9. The van der Waals surface area contributed by atoms with Gasteiger partial charge < -0.3 is 15.6 Å². The minimum atomic E-state index is -0.462. The highest BCUT2D eigenvalue weighted by molar-refractivity contribution is 7.50. The van der Waals surface area contributed by atoms with E-state index in [9.17, 15) is 4.79 Å². The summed E-state index contributed by atoms with van der Waals surface area (Å²) in [6.07, 6.45) is 0.879. The van der Waals surface area contributed by atoms with Crippen molar-refractivity contribution in [1.29, 1.82) is 0 Å². The summed E-state index contributed by atoms with van der Waals surface area (Å²) in [6, 6.07) is 17.4. The summed E-state index contributed by atoms with van der Waals surface area (Å²) in [7, 11) is 1.26. The van der Waals surface area contributed by atoms with Crippen LogP contribution in [0.2, 0.25) is 0 Å². The highest BCUT2D eigenvalue weighted by Gasteiger charge is 2.10. The molecule has 3 aromatic rings. The second kappa shape index (κ2) is 8.45. The van der Waals surface area contributed by atoms with Gasteiger partial charge in [0.05, 0.1) is 11.4 Å². The van der Waals surface area contributed by atoms with Crippen LogP contribution in [0.25, 0.3) is 10.4 Å². The van der Waals surface area contributed by atoms with E-state index >= 15 is 0 Å². The molecule has 0 saturated carbocycles. The third-order valence-electron chi connectivity index (χ3n) is 4.04. The highest BCUT2D eigenvalue weighted by atomic mass is 32.1. The Kier molecular flexibility index (Phi) is 6.04. The molecule has 0 aliphatic carbocycles. The van der Waals surface area contributed by atoms with Crippen molar-refractivity contribution < 1.29 is 9.32 Å². The number of carbonyl (C=O) groups is 1. The molecular weight excluding hydrogens is 363 g/mol. The van der Waals surface area contributed by atoms with Gasteiger partial charge in [-0.3, -0.25) is 4.79 Å². The predicted molar refractivity (Wildman–Crippen MR) is 112 cm³/mol. The maximum atomic E-state index is 12.6. The highest BCUT2D eigenvalue weighted by Crippen LogP contribution is 2.35. The summed E-state index contributed by atoms with van der Waals surface area (Å²) in [6.45, 7) is 2.08. The number of amides is 1. The topological polar surface area (TPSA) is 64.3 Å². The second-order valence-corrected chi connectivity index (χ2v) is 8.78. The van der Waals surface area contributed by atoms with Gasteiger partial charge in [0.25, 0.3) is 5.91 Å². The Morgan fingerprint density at radius 3 is 2.62 bits per heavy atom. The summed E-state index contributed by atoms with van der Waals surface area (Å²) in [5.74, 6) is -0.169. The van der Waals surface area contributed by atoms with Crippen molar-refractivity contribution in [1.82, 2.24) is 0 Å². The zero-order valence-corrected chi connectivity index (χ0v) is 16.4. The molecule has 6 heteroatoms. The number of benzene rings is 2. The lowest BCUT2D eigenvalue weighted by Gasteiger charge is -2.11. The number of nitrogen functional groups attached to an aromatic ring is 1. The van der Waals surface area contributed by atoms with Crippen molar-refractivity contribution in [2.45, 2.75) is 6.16 Å². The predicted octanol–water partition coefficient (Wildman–Crippen LogP) is 5.42. The molecule has 1 unspecified atom stereocenters. The lowest BCUT2D eigenvalue weighted by molar-refractivity contribution is 0.102. The van der Waals surface area contributed by atoms with Crippen molar-refractivity contribution in [3.05, 3.63) is 71.1 Å². The van der Waals surface area contributed by atoms with Crippen LogP contribution in [0.4, 0.5) is 11.4 Å². The van der Waals surface area contributed by atoms with Crippen LogP contribution in [0, 0.1) is 0 Å². The zero-order chi connectivity index (χ0) is 18.5. The van der Waals surface area contributed by atoms with Gasteiger partial charge in [0.1, 0.15) is 0 Å². The molecule has 134 valence electrons. The van der Waals surface area contributed by atoms with E-state index in [0.717, 1.165) is 22.2 Å². The van der Waals surface area contributed by atoms with E-state index < -0.39 is 8.15 Å². The molecule has 4 nitrogen and oxygen atoms in total. The molecule has 0 aliphatic heterocycles. The van der Waals surface area contributed by atoms with Crippen LogP contribution in [-0.4, -0.2) is 19.7 Å². The molecule has 3 rings (SSSR count). The first-order valence-corrected chi connectivity index (χ1v) is 10.9. The number of rotatable bonds is 6. The Labute approximate surface area is 158 Å². The molecular formula is C20H21N2O2PS. The minimum Gasteiger partial charge on any atom is -0.397 e. The van der Waals surface area contributed by atoms with Crippen molar-refractivity contribution in [2.24, 2.45) is 0 Å². The number of nitrogens with one attached hydrogen (secondary N) is 1. The van der Waals surface area contributed by atoms with E-state index in [1.54, 1.807) is 18.4 Å². The van der Waals surface area contributed by atoms with E-state index in [0.29, 0.717) is 16.9 Å². The van der Waals surface area contributed by atoms with Crippen LogP contribution in [-0.2, 0) is 10.7 Å². The molecule has 0 aliphatic rings. The maximum Gasteiger partial charge on any atom is 0.255 e. The molecule has 1 amide bonds. The Balaban J connectivity index is 1.74. The molecule has 0 radical (unpaired) electrons. The summed E-state index contributed by atoms with van der Waals surface area (Å²) in [5, 5.41) is 4.95. The largest absolute Gasteiger partial charge is 0.397 e. The van der Waals surface area contributed by atoms with Crippen molar-refractivity contribution in [2.75, 3.05) is 24.8 Å². The first-order valence-electron chi connectivity index (χ1n) is 8.16. The Hall–Kier alpha value is -2.20. The van der Waals surface area contributed by atoms with Crippen LogP contribution >= 0.6 is 19.5 Å². The molecule has 1 heterocycles. The number of carbonyl (C=O) groups excluding carboxylic acids is 1. The monoisotopic (exact) mass is 384 g/mol. The second-order valence-electron chi connectivity index (χ2n) is 5.90. The smallest absolute Gasteiger partial charge is 0.255 e. The number of nitrogens with two attached hydrogens (primary N) is 1. The maximum absolute atomic E-state index is 12.6. The zero-order valence-electron chi connectivity index (χ0n) is 14.7. The first kappa shape index (κ1) is 18.6. The van der Waals surface area contributed by atoms with Gasteiger partial charge in [0.2, 0.25) is 0 Å². The van der Waals surface area contributed by atoms with E-state index in [1.165, 1.54) is 0 Å². The molecule has 0 spiro atoms. The van der Waals surface area contributed by atoms with E-state index in [-0.39, 0.29) is 5.91 Å². The summed E-state index contributed by atoms with van der Waals surface area (Å²) in [5.41, 5.74) is 10.0. The lowest BCUT2D eigenvalue weighted by atomic mass is 10.1. The molecule has 3 N–H and O–H groups in total. The fourth-order valence-electron chi connectivity index (χ4n) is 2.54.